The number of rotatable bonds is 3. The standard InChI is InChI=1S/C20H22N4O2S/c1-13-2-5-18(27-13)19(25)22-15-7-10-24(11-8-15)20(26)23-16-4-3-14-6-9-21-17(14)12-16/h2-6,9,12,15,21H,7-8,10-11H2,1H3,(H,22,25)(H,23,26). The molecule has 0 bridgehead atoms. The first-order chi connectivity index (χ1) is 13.1. The van der Waals surface area contributed by atoms with E-state index in [2.05, 4.69) is 15.6 Å². The van der Waals surface area contributed by atoms with Crippen molar-refractivity contribution < 1.29 is 9.59 Å². The predicted octanol–water partition coefficient (Wildman–Crippen LogP) is 3.96. The van der Waals surface area contributed by atoms with Gasteiger partial charge in [0, 0.05) is 41.4 Å². The summed E-state index contributed by atoms with van der Waals surface area (Å²) >= 11 is 1.50. The van der Waals surface area contributed by atoms with Crippen molar-refractivity contribution in [3.8, 4) is 0 Å². The van der Waals surface area contributed by atoms with Gasteiger partial charge in [0.1, 0.15) is 0 Å². The fourth-order valence-corrected chi connectivity index (χ4v) is 4.14. The fourth-order valence-electron chi connectivity index (χ4n) is 3.37. The molecule has 3 N–H and O–H groups in total. The Morgan fingerprint density at radius 1 is 1.15 bits per heavy atom. The van der Waals surface area contributed by atoms with Gasteiger partial charge in [-0.3, -0.25) is 4.79 Å². The maximum Gasteiger partial charge on any atom is 0.321 e. The lowest BCUT2D eigenvalue weighted by Gasteiger charge is -2.32. The third kappa shape index (κ3) is 3.98. The molecule has 0 unspecified atom stereocenters. The van der Waals surface area contributed by atoms with Crippen molar-refractivity contribution in [3.05, 3.63) is 52.3 Å². The lowest BCUT2D eigenvalue weighted by molar-refractivity contribution is 0.0923. The molecular weight excluding hydrogens is 360 g/mol. The number of nitrogens with one attached hydrogen (secondary N) is 3. The average molecular weight is 382 g/mol. The number of aromatic amines is 1. The number of thiophene rings is 1. The number of carbonyl (C=O) groups excluding carboxylic acids is 2. The van der Waals surface area contributed by atoms with Crippen LogP contribution in [0.3, 0.4) is 0 Å². The first-order valence-corrected chi connectivity index (χ1v) is 9.90. The van der Waals surface area contributed by atoms with Gasteiger partial charge in [0.25, 0.3) is 5.91 Å². The monoisotopic (exact) mass is 382 g/mol. The van der Waals surface area contributed by atoms with Crippen LogP contribution >= 0.6 is 11.3 Å². The van der Waals surface area contributed by atoms with Crippen molar-refractivity contribution in [2.45, 2.75) is 25.8 Å². The zero-order chi connectivity index (χ0) is 18.8. The zero-order valence-electron chi connectivity index (χ0n) is 15.1. The number of urea groups is 1. The second-order valence-electron chi connectivity index (χ2n) is 6.85. The van der Waals surface area contributed by atoms with Gasteiger partial charge in [-0.1, -0.05) is 6.07 Å². The number of benzene rings is 1. The third-order valence-electron chi connectivity index (χ3n) is 4.89. The van der Waals surface area contributed by atoms with Gasteiger partial charge in [0.05, 0.1) is 4.88 Å². The summed E-state index contributed by atoms with van der Waals surface area (Å²) in [5, 5.41) is 7.16. The number of hydrogen-bond acceptors (Lipinski definition) is 3. The minimum Gasteiger partial charge on any atom is -0.361 e. The van der Waals surface area contributed by atoms with E-state index in [0.29, 0.717) is 13.1 Å². The number of piperidine rings is 1. The van der Waals surface area contributed by atoms with E-state index >= 15 is 0 Å². The Kier molecular flexibility index (Phi) is 4.85. The molecule has 6 nitrogen and oxygen atoms in total. The summed E-state index contributed by atoms with van der Waals surface area (Å²) in [5.74, 6) is -0.0183. The van der Waals surface area contributed by atoms with Crippen molar-refractivity contribution in [1.29, 1.82) is 0 Å². The normalized spacial score (nSPS) is 15.1. The number of anilines is 1. The van der Waals surface area contributed by atoms with Crippen molar-refractivity contribution in [2.24, 2.45) is 0 Å². The van der Waals surface area contributed by atoms with Crippen LogP contribution in [0.5, 0.6) is 0 Å². The topological polar surface area (TPSA) is 77.2 Å². The first kappa shape index (κ1) is 17.6. The van der Waals surface area contributed by atoms with Crippen LogP contribution in [0.4, 0.5) is 10.5 Å². The molecular formula is C20H22N4O2S. The van der Waals surface area contributed by atoms with Gasteiger partial charge in [-0.15, -0.1) is 11.3 Å². The second kappa shape index (κ2) is 7.44. The summed E-state index contributed by atoms with van der Waals surface area (Å²) in [6, 6.07) is 11.6. The van der Waals surface area contributed by atoms with Gasteiger partial charge in [-0.05, 0) is 55.5 Å². The van der Waals surface area contributed by atoms with Gasteiger partial charge >= 0.3 is 6.03 Å². The SMILES string of the molecule is Cc1ccc(C(=O)NC2CCN(C(=O)Nc3ccc4cc[nH]c4c3)CC2)s1. The van der Waals surface area contributed by atoms with E-state index in [4.69, 9.17) is 0 Å². The molecule has 7 heteroatoms. The van der Waals surface area contributed by atoms with Gasteiger partial charge in [0.2, 0.25) is 0 Å². The fraction of sp³-hybridized carbons (Fsp3) is 0.300. The van der Waals surface area contributed by atoms with Crippen molar-refractivity contribution in [1.82, 2.24) is 15.2 Å². The lowest BCUT2D eigenvalue weighted by atomic mass is 10.1. The maximum atomic E-state index is 12.5. The van der Waals surface area contributed by atoms with Gasteiger partial charge in [0.15, 0.2) is 0 Å². The van der Waals surface area contributed by atoms with E-state index in [0.717, 1.165) is 39.2 Å². The van der Waals surface area contributed by atoms with Crippen LogP contribution in [0.1, 0.15) is 27.4 Å². The van der Waals surface area contributed by atoms with Gasteiger partial charge in [-0.2, -0.15) is 0 Å². The smallest absolute Gasteiger partial charge is 0.321 e. The molecule has 0 aliphatic carbocycles. The Morgan fingerprint density at radius 2 is 1.96 bits per heavy atom. The number of fused-ring (bicyclic) bond motifs is 1. The van der Waals surface area contributed by atoms with Gasteiger partial charge < -0.3 is 20.5 Å². The minimum atomic E-state index is -0.0976. The summed E-state index contributed by atoms with van der Waals surface area (Å²) in [4.78, 5) is 31.6. The number of H-pyrrole nitrogens is 1. The largest absolute Gasteiger partial charge is 0.361 e. The van der Waals surface area contributed by atoms with Crippen LogP contribution in [-0.2, 0) is 0 Å². The Balaban J connectivity index is 1.29. The van der Waals surface area contributed by atoms with Crippen LogP contribution in [0.15, 0.2) is 42.6 Å². The highest BCUT2D eigenvalue weighted by Gasteiger charge is 2.24. The molecule has 0 radical (unpaired) electrons. The molecule has 0 saturated carbocycles. The molecule has 1 aromatic carbocycles. The highest BCUT2D eigenvalue weighted by atomic mass is 32.1. The minimum absolute atomic E-state index is 0.0183. The molecule has 4 rings (SSSR count). The van der Waals surface area contributed by atoms with Crippen molar-refractivity contribution in [3.63, 3.8) is 0 Å². The average Bonchev–Trinajstić information content (AvgIpc) is 3.30. The summed E-state index contributed by atoms with van der Waals surface area (Å²) in [5.41, 5.74) is 1.77. The molecule has 0 atom stereocenters. The predicted molar refractivity (Wildman–Crippen MR) is 108 cm³/mol. The summed E-state index contributed by atoms with van der Waals surface area (Å²) < 4.78 is 0. The number of nitrogens with zero attached hydrogens (tertiary/aromatic N) is 1. The number of aromatic nitrogens is 1. The quantitative estimate of drug-likeness (QED) is 0.641. The summed E-state index contributed by atoms with van der Waals surface area (Å²) in [6.07, 6.45) is 3.41. The Bertz CT molecular complexity index is 969. The van der Waals surface area contributed by atoms with Crippen LogP contribution in [0.2, 0.25) is 0 Å². The Hall–Kier alpha value is -2.80. The van der Waals surface area contributed by atoms with E-state index < -0.39 is 0 Å². The molecule has 27 heavy (non-hydrogen) atoms. The van der Waals surface area contributed by atoms with E-state index in [9.17, 15) is 9.59 Å². The molecule has 2 aromatic heterocycles. The van der Waals surface area contributed by atoms with Crippen molar-refractivity contribution in [2.75, 3.05) is 18.4 Å². The van der Waals surface area contributed by atoms with Crippen molar-refractivity contribution >= 4 is 39.9 Å². The number of hydrogen-bond donors (Lipinski definition) is 3. The Labute approximate surface area is 161 Å². The summed E-state index contributed by atoms with van der Waals surface area (Å²) in [6.45, 7) is 3.25. The molecule has 1 saturated heterocycles. The number of amides is 3. The van der Waals surface area contributed by atoms with E-state index in [-0.39, 0.29) is 18.0 Å². The highest BCUT2D eigenvalue weighted by Crippen LogP contribution is 2.20. The second-order valence-corrected chi connectivity index (χ2v) is 8.14. The maximum absolute atomic E-state index is 12.5. The van der Waals surface area contributed by atoms with Crippen LogP contribution < -0.4 is 10.6 Å². The van der Waals surface area contributed by atoms with E-state index in [1.165, 1.54) is 11.3 Å². The van der Waals surface area contributed by atoms with Gasteiger partial charge in [-0.25, -0.2) is 4.79 Å². The summed E-state index contributed by atoms with van der Waals surface area (Å²) in [7, 11) is 0. The molecule has 0 spiro atoms. The molecule has 3 aromatic rings. The first-order valence-electron chi connectivity index (χ1n) is 9.09. The number of aryl methyl sites for hydroxylation is 1. The highest BCUT2D eigenvalue weighted by molar-refractivity contribution is 7.13. The van der Waals surface area contributed by atoms with E-state index in [1.54, 1.807) is 4.90 Å². The molecule has 3 amide bonds. The molecule has 1 aliphatic heterocycles. The molecule has 140 valence electrons. The number of carbonyl (C=O) groups is 2. The number of likely N-dealkylation sites (tertiary alicyclic amines) is 1. The van der Waals surface area contributed by atoms with Crippen LogP contribution in [0.25, 0.3) is 10.9 Å². The molecule has 3 heterocycles. The van der Waals surface area contributed by atoms with Crippen LogP contribution in [-0.4, -0.2) is 41.0 Å². The Morgan fingerprint density at radius 3 is 2.70 bits per heavy atom. The third-order valence-corrected chi connectivity index (χ3v) is 5.89. The molecule has 1 aliphatic rings. The zero-order valence-corrected chi connectivity index (χ0v) is 15.9. The van der Waals surface area contributed by atoms with Crippen LogP contribution in [0, 0.1) is 6.92 Å². The van der Waals surface area contributed by atoms with E-state index in [1.807, 2.05) is 49.5 Å². The lowest BCUT2D eigenvalue weighted by Crippen LogP contribution is -2.47. The molecule has 1 fully saturated rings.